The zero-order valence-electron chi connectivity index (χ0n) is 12.3. The second kappa shape index (κ2) is 5.75. The minimum atomic E-state index is 0.570. The number of piperidine rings is 1. The van der Waals surface area contributed by atoms with E-state index in [0.29, 0.717) is 5.92 Å². The molecule has 0 N–H and O–H groups in total. The highest BCUT2D eigenvalue weighted by Gasteiger charge is 2.22. The van der Waals surface area contributed by atoms with Crippen molar-refractivity contribution in [3.8, 4) is 0 Å². The number of rotatable bonds is 3. The SMILES string of the molecule is Cc1cccc(C2CCCN(Cc3cnn(C)c3)C2)n1. The molecule has 3 rings (SSSR count). The van der Waals surface area contributed by atoms with Crippen LogP contribution in [0.25, 0.3) is 0 Å². The molecule has 1 saturated heterocycles. The largest absolute Gasteiger partial charge is 0.298 e. The summed E-state index contributed by atoms with van der Waals surface area (Å²) >= 11 is 0. The Kier molecular flexibility index (Phi) is 3.83. The second-order valence-corrected chi connectivity index (χ2v) is 5.80. The summed E-state index contributed by atoms with van der Waals surface area (Å²) in [4.78, 5) is 7.22. The second-order valence-electron chi connectivity index (χ2n) is 5.80. The standard InChI is InChI=1S/C16H22N4/c1-13-5-3-7-16(18-13)15-6-4-8-20(12-15)11-14-9-17-19(2)10-14/h3,5,7,9-10,15H,4,6,8,11-12H2,1-2H3. The molecule has 4 nitrogen and oxygen atoms in total. The lowest BCUT2D eigenvalue weighted by Gasteiger charge is -2.32. The summed E-state index contributed by atoms with van der Waals surface area (Å²) in [6.07, 6.45) is 6.57. The van der Waals surface area contributed by atoms with Crippen LogP contribution in [-0.4, -0.2) is 32.8 Å². The first-order chi connectivity index (χ1) is 9.70. The molecule has 20 heavy (non-hydrogen) atoms. The Hall–Kier alpha value is -1.68. The van der Waals surface area contributed by atoms with Crippen molar-refractivity contribution in [3.63, 3.8) is 0 Å². The molecular weight excluding hydrogens is 248 g/mol. The van der Waals surface area contributed by atoms with E-state index in [1.807, 2.05) is 17.9 Å². The summed E-state index contributed by atoms with van der Waals surface area (Å²) in [6, 6.07) is 6.36. The molecule has 106 valence electrons. The van der Waals surface area contributed by atoms with Crippen LogP contribution in [-0.2, 0) is 13.6 Å². The van der Waals surface area contributed by atoms with Crippen molar-refractivity contribution in [2.24, 2.45) is 7.05 Å². The summed E-state index contributed by atoms with van der Waals surface area (Å²) < 4.78 is 1.87. The van der Waals surface area contributed by atoms with Gasteiger partial charge in [0.2, 0.25) is 0 Å². The van der Waals surface area contributed by atoms with Crippen LogP contribution in [0.5, 0.6) is 0 Å². The number of hydrogen-bond donors (Lipinski definition) is 0. The smallest absolute Gasteiger partial charge is 0.0534 e. The third kappa shape index (κ3) is 3.07. The molecule has 1 atom stereocenters. The maximum atomic E-state index is 4.70. The molecule has 0 aliphatic carbocycles. The maximum absolute atomic E-state index is 4.70. The van der Waals surface area contributed by atoms with E-state index < -0.39 is 0 Å². The lowest BCUT2D eigenvalue weighted by molar-refractivity contribution is 0.198. The highest BCUT2D eigenvalue weighted by atomic mass is 15.2. The minimum Gasteiger partial charge on any atom is -0.298 e. The fraction of sp³-hybridized carbons (Fsp3) is 0.500. The van der Waals surface area contributed by atoms with Gasteiger partial charge in [0.1, 0.15) is 0 Å². The first-order valence-electron chi connectivity index (χ1n) is 7.34. The molecular formula is C16H22N4. The maximum Gasteiger partial charge on any atom is 0.0534 e. The highest BCUT2D eigenvalue weighted by Crippen LogP contribution is 2.26. The van der Waals surface area contributed by atoms with Gasteiger partial charge in [-0.05, 0) is 38.4 Å². The van der Waals surface area contributed by atoms with Crippen molar-refractivity contribution in [3.05, 3.63) is 47.5 Å². The predicted molar refractivity (Wildman–Crippen MR) is 79.4 cm³/mol. The van der Waals surface area contributed by atoms with Gasteiger partial charge < -0.3 is 0 Å². The topological polar surface area (TPSA) is 34.0 Å². The van der Waals surface area contributed by atoms with Crippen molar-refractivity contribution < 1.29 is 0 Å². The van der Waals surface area contributed by atoms with Gasteiger partial charge in [-0.1, -0.05) is 6.07 Å². The van der Waals surface area contributed by atoms with Crippen LogP contribution in [0.2, 0.25) is 0 Å². The van der Waals surface area contributed by atoms with Gasteiger partial charge in [-0.2, -0.15) is 5.10 Å². The Balaban J connectivity index is 1.67. The lowest BCUT2D eigenvalue weighted by atomic mass is 9.94. The summed E-state index contributed by atoms with van der Waals surface area (Å²) in [5, 5.41) is 4.25. The van der Waals surface area contributed by atoms with Gasteiger partial charge in [-0.3, -0.25) is 14.6 Å². The number of aromatic nitrogens is 3. The molecule has 4 heteroatoms. The van der Waals surface area contributed by atoms with Crippen molar-refractivity contribution >= 4 is 0 Å². The number of aryl methyl sites for hydroxylation is 2. The van der Waals surface area contributed by atoms with E-state index in [4.69, 9.17) is 4.98 Å². The molecule has 1 fully saturated rings. The zero-order valence-corrected chi connectivity index (χ0v) is 12.3. The number of pyridine rings is 1. The van der Waals surface area contributed by atoms with Crippen LogP contribution >= 0.6 is 0 Å². The van der Waals surface area contributed by atoms with Crippen LogP contribution in [0.1, 0.15) is 35.7 Å². The van der Waals surface area contributed by atoms with Gasteiger partial charge in [0.15, 0.2) is 0 Å². The van der Waals surface area contributed by atoms with Crippen LogP contribution in [0.15, 0.2) is 30.6 Å². The molecule has 3 heterocycles. The molecule has 0 aromatic carbocycles. The van der Waals surface area contributed by atoms with Crippen LogP contribution < -0.4 is 0 Å². The van der Waals surface area contributed by atoms with Crippen molar-refractivity contribution in [1.82, 2.24) is 19.7 Å². The molecule has 0 amide bonds. The van der Waals surface area contributed by atoms with Gasteiger partial charge in [0.05, 0.1) is 6.20 Å². The summed E-state index contributed by atoms with van der Waals surface area (Å²) in [5.41, 5.74) is 3.66. The van der Waals surface area contributed by atoms with Crippen molar-refractivity contribution in [1.29, 1.82) is 0 Å². The van der Waals surface area contributed by atoms with E-state index in [2.05, 4.69) is 41.3 Å². The summed E-state index contributed by atoms with van der Waals surface area (Å²) in [6.45, 7) is 5.35. The average molecular weight is 270 g/mol. The predicted octanol–water partition coefficient (Wildman–Crippen LogP) is 2.50. The zero-order chi connectivity index (χ0) is 13.9. The van der Waals surface area contributed by atoms with E-state index in [1.54, 1.807) is 0 Å². The number of likely N-dealkylation sites (tertiary alicyclic amines) is 1. The van der Waals surface area contributed by atoms with Gasteiger partial charge in [-0.15, -0.1) is 0 Å². The molecule has 2 aromatic rings. The monoisotopic (exact) mass is 270 g/mol. The first kappa shape index (κ1) is 13.3. The van der Waals surface area contributed by atoms with Gasteiger partial charge in [0, 0.05) is 49.2 Å². The minimum absolute atomic E-state index is 0.570. The Morgan fingerprint density at radius 2 is 2.25 bits per heavy atom. The number of hydrogen-bond acceptors (Lipinski definition) is 3. The molecule has 0 spiro atoms. The van der Waals surface area contributed by atoms with E-state index in [0.717, 1.165) is 18.8 Å². The van der Waals surface area contributed by atoms with Gasteiger partial charge >= 0.3 is 0 Å². The molecule has 1 aliphatic heterocycles. The lowest BCUT2D eigenvalue weighted by Crippen LogP contribution is -2.34. The van der Waals surface area contributed by atoms with Gasteiger partial charge in [0.25, 0.3) is 0 Å². The molecule has 1 unspecified atom stereocenters. The van der Waals surface area contributed by atoms with Gasteiger partial charge in [-0.25, -0.2) is 0 Å². The van der Waals surface area contributed by atoms with Crippen molar-refractivity contribution in [2.45, 2.75) is 32.2 Å². The van der Waals surface area contributed by atoms with Crippen LogP contribution in [0.3, 0.4) is 0 Å². The van der Waals surface area contributed by atoms with E-state index >= 15 is 0 Å². The van der Waals surface area contributed by atoms with E-state index in [9.17, 15) is 0 Å². The van der Waals surface area contributed by atoms with E-state index in [-0.39, 0.29) is 0 Å². The van der Waals surface area contributed by atoms with Crippen LogP contribution in [0.4, 0.5) is 0 Å². The average Bonchev–Trinajstić information content (AvgIpc) is 2.84. The highest BCUT2D eigenvalue weighted by molar-refractivity contribution is 5.15. The third-order valence-electron chi connectivity index (χ3n) is 4.00. The normalized spacial score (nSPS) is 20.2. The Bertz CT molecular complexity index is 575. The molecule has 0 saturated carbocycles. The van der Waals surface area contributed by atoms with Crippen LogP contribution in [0, 0.1) is 6.92 Å². The number of nitrogens with zero attached hydrogens (tertiary/aromatic N) is 4. The Labute approximate surface area is 120 Å². The Morgan fingerprint density at radius 1 is 1.35 bits per heavy atom. The molecule has 1 aliphatic rings. The molecule has 0 bridgehead atoms. The van der Waals surface area contributed by atoms with E-state index in [1.165, 1.54) is 30.6 Å². The molecule has 2 aromatic heterocycles. The molecule has 0 radical (unpaired) electrons. The fourth-order valence-corrected chi connectivity index (χ4v) is 3.04. The summed E-state index contributed by atoms with van der Waals surface area (Å²) in [5.74, 6) is 0.570. The Morgan fingerprint density at radius 3 is 3.00 bits per heavy atom. The quantitative estimate of drug-likeness (QED) is 0.859. The van der Waals surface area contributed by atoms with Crippen molar-refractivity contribution in [2.75, 3.05) is 13.1 Å². The fourth-order valence-electron chi connectivity index (χ4n) is 3.04. The third-order valence-corrected chi connectivity index (χ3v) is 4.00. The summed E-state index contributed by atoms with van der Waals surface area (Å²) in [7, 11) is 1.97. The first-order valence-corrected chi connectivity index (χ1v) is 7.34.